The highest BCUT2D eigenvalue weighted by molar-refractivity contribution is 5.24. The van der Waals surface area contributed by atoms with Crippen LogP contribution < -0.4 is 5.32 Å². The third kappa shape index (κ3) is 4.82. The van der Waals surface area contributed by atoms with E-state index in [1.165, 1.54) is 6.07 Å². The van der Waals surface area contributed by atoms with Crippen molar-refractivity contribution in [1.29, 1.82) is 0 Å². The molecule has 1 atom stereocenters. The first-order valence-electron chi connectivity index (χ1n) is 6.27. The van der Waals surface area contributed by atoms with Gasteiger partial charge in [-0.2, -0.15) is 0 Å². The molecule has 0 amide bonds. The Morgan fingerprint density at radius 1 is 1.24 bits per heavy atom. The maximum absolute atomic E-state index is 12.5. The number of halogens is 2. The number of hydrogen-bond donors (Lipinski definition) is 1. The van der Waals surface area contributed by atoms with Gasteiger partial charge in [0.25, 0.3) is 6.43 Å². The standard InChI is InChI=1S/C14H21F2N/c1-3-6-13(4-2)17-10-11-7-5-8-12(9-11)14(15)16/h5,7-9,13-14,17H,3-4,6,10H2,1-2H3. The first-order valence-corrected chi connectivity index (χ1v) is 6.27. The number of alkyl halides is 2. The largest absolute Gasteiger partial charge is 0.310 e. The van der Waals surface area contributed by atoms with Crippen molar-refractivity contribution in [2.24, 2.45) is 0 Å². The fraction of sp³-hybridized carbons (Fsp3) is 0.571. The van der Waals surface area contributed by atoms with Crippen LogP contribution in [0.1, 0.15) is 50.7 Å². The predicted molar refractivity (Wildman–Crippen MR) is 67.2 cm³/mol. The molecule has 0 spiro atoms. The quantitative estimate of drug-likeness (QED) is 0.750. The molecule has 0 fully saturated rings. The number of benzene rings is 1. The summed E-state index contributed by atoms with van der Waals surface area (Å²) in [5, 5.41) is 3.41. The van der Waals surface area contributed by atoms with E-state index >= 15 is 0 Å². The minimum absolute atomic E-state index is 0.104. The molecule has 1 rings (SSSR count). The Hall–Kier alpha value is -0.960. The maximum Gasteiger partial charge on any atom is 0.263 e. The summed E-state index contributed by atoms with van der Waals surface area (Å²) in [5.74, 6) is 0. The van der Waals surface area contributed by atoms with Gasteiger partial charge >= 0.3 is 0 Å². The van der Waals surface area contributed by atoms with Crippen LogP contribution in [-0.4, -0.2) is 6.04 Å². The van der Waals surface area contributed by atoms with E-state index in [1.807, 2.05) is 6.07 Å². The minimum atomic E-state index is -2.38. The summed E-state index contributed by atoms with van der Waals surface area (Å²) in [6.07, 6.45) is 0.961. The van der Waals surface area contributed by atoms with Gasteiger partial charge in [-0.3, -0.25) is 0 Å². The van der Waals surface area contributed by atoms with Gasteiger partial charge in [-0.1, -0.05) is 38.5 Å². The van der Waals surface area contributed by atoms with Crippen molar-refractivity contribution < 1.29 is 8.78 Å². The van der Waals surface area contributed by atoms with Gasteiger partial charge in [0.05, 0.1) is 0 Å². The smallest absolute Gasteiger partial charge is 0.263 e. The second-order valence-corrected chi connectivity index (χ2v) is 4.32. The Balaban J connectivity index is 2.53. The van der Waals surface area contributed by atoms with E-state index in [0.717, 1.165) is 24.8 Å². The van der Waals surface area contributed by atoms with E-state index in [-0.39, 0.29) is 5.56 Å². The van der Waals surface area contributed by atoms with Crippen molar-refractivity contribution in [3.8, 4) is 0 Å². The number of nitrogens with one attached hydrogen (secondary N) is 1. The molecule has 17 heavy (non-hydrogen) atoms. The first-order chi connectivity index (χ1) is 8.17. The van der Waals surface area contributed by atoms with Crippen LogP contribution in [0, 0.1) is 0 Å². The van der Waals surface area contributed by atoms with E-state index in [9.17, 15) is 8.78 Å². The summed E-state index contributed by atoms with van der Waals surface area (Å²) in [4.78, 5) is 0. The monoisotopic (exact) mass is 241 g/mol. The minimum Gasteiger partial charge on any atom is -0.310 e. The highest BCUT2D eigenvalue weighted by Crippen LogP contribution is 2.19. The zero-order chi connectivity index (χ0) is 12.7. The molecule has 96 valence electrons. The molecule has 1 aromatic rings. The molecule has 0 aromatic heterocycles. The molecule has 0 aliphatic rings. The average molecular weight is 241 g/mol. The Morgan fingerprint density at radius 3 is 2.59 bits per heavy atom. The highest BCUT2D eigenvalue weighted by atomic mass is 19.3. The third-order valence-corrected chi connectivity index (χ3v) is 2.93. The molecule has 3 heteroatoms. The van der Waals surface area contributed by atoms with Gasteiger partial charge in [-0.25, -0.2) is 8.78 Å². The summed E-state index contributed by atoms with van der Waals surface area (Å²) in [6.45, 7) is 4.96. The highest BCUT2D eigenvalue weighted by Gasteiger charge is 2.08. The van der Waals surface area contributed by atoms with Crippen LogP contribution in [-0.2, 0) is 6.54 Å². The predicted octanol–water partition coefficient (Wildman–Crippen LogP) is 4.29. The van der Waals surface area contributed by atoms with Crippen LogP contribution in [0.2, 0.25) is 0 Å². The van der Waals surface area contributed by atoms with Gasteiger partial charge in [0, 0.05) is 18.2 Å². The molecule has 0 radical (unpaired) electrons. The molecule has 0 aliphatic carbocycles. The Labute approximate surface area is 102 Å². The van der Waals surface area contributed by atoms with Crippen LogP contribution >= 0.6 is 0 Å². The van der Waals surface area contributed by atoms with E-state index in [4.69, 9.17) is 0 Å². The van der Waals surface area contributed by atoms with Crippen LogP contribution in [0.15, 0.2) is 24.3 Å². The lowest BCUT2D eigenvalue weighted by Crippen LogP contribution is -2.27. The van der Waals surface area contributed by atoms with Gasteiger partial charge in [0.15, 0.2) is 0 Å². The molecule has 0 heterocycles. The molecule has 1 N–H and O–H groups in total. The Bertz CT molecular complexity index is 326. The molecule has 0 saturated carbocycles. The first kappa shape index (κ1) is 14.1. The summed E-state index contributed by atoms with van der Waals surface area (Å²) in [5.41, 5.74) is 1.03. The van der Waals surface area contributed by atoms with E-state index < -0.39 is 6.43 Å². The molecule has 1 nitrogen and oxygen atoms in total. The summed E-state index contributed by atoms with van der Waals surface area (Å²) >= 11 is 0. The molecule has 0 bridgehead atoms. The second kappa shape index (κ2) is 7.38. The van der Waals surface area contributed by atoms with Crippen molar-refractivity contribution in [3.05, 3.63) is 35.4 Å². The van der Waals surface area contributed by atoms with E-state index in [2.05, 4.69) is 19.2 Å². The topological polar surface area (TPSA) is 12.0 Å². The second-order valence-electron chi connectivity index (χ2n) is 4.32. The molecular weight excluding hydrogens is 220 g/mol. The fourth-order valence-electron chi connectivity index (χ4n) is 1.90. The normalized spacial score (nSPS) is 13.0. The van der Waals surface area contributed by atoms with Gasteiger partial charge in [-0.15, -0.1) is 0 Å². The van der Waals surface area contributed by atoms with Gasteiger partial charge in [-0.05, 0) is 24.5 Å². The van der Waals surface area contributed by atoms with Crippen molar-refractivity contribution in [1.82, 2.24) is 5.32 Å². The van der Waals surface area contributed by atoms with E-state index in [1.54, 1.807) is 12.1 Å². The summed E-state index contributed by atoms with van der Waals surface area (Å²) in [6, 6.07) is 7.11. The van der Waals surface area contributed by atoms with Gasteiger partial charge in [0.2, 0.25) is 0 Å². The lowest BCUT2D eigenvalue weighted by molar-refractivity contribution is 0.151. The van der Waals surface area contributed by atoms with Crippen LogP contribution in [0.25, 0.3) is 0 Å². The number of hydrogen-bond acceptors (Lipinski definition) is 1. The summed E-state index contributed by atoms with van der Waals surface area (Å²) < 4.78 is 25.0. The summed E-state index contributed by atoms with van der Waals surface area (Å²) in [7, 11) is 0. The van der Waals surface area contributed by atoms with Crippen molar-refractivity contribution >= 4 is 0 Å². The average Bonchev–Trinajstić information content (AvgIpc) is 2.34. The SMILES string of the molecule is CCCC(CC)NCc1cccc(C(F)F)c1. The molecular formula is C14H21F2N. The van der Waals surface area contributed by atoms with Crippen LogP contribution in [0.4, 0.5) is 8.78 Å². The maximum atomic E-state index is 12.5. The van der Waals surface area contributed by atoms with Gasteiger partial charge < -0.3 is 5.32 Å². The third-order valence-electron chi connectivity index (χ3n) is 2.93. The van der Waals surface area contributed by atoms with Crippen LogP contribution in [0.5, 0.6) is 0 Å². The van der Waals surface area contributed by atoms with Gasteiger partial charge in [0.1, 0.15) is 0 Å². The molecule has 1 aromatic carbocycles. The number of rotatable bonds is 7. The zero-order valence-electron chi connectivity index (χ0n) is 10.5. The zero-order valence-corrected chi connectivity index (χ0v) is 10.5. The molecule has 1 unspecified atom stereocenters. The lowest BCUT2D eigenvalue weighted by atomic mass is 10.1. The van der Waals surface area contributed by atoms with Crippen LogP contribution in [0.3, 0.4) is 0 Å². The Morgan fingerprint density at radius 2 is 2.00 bits per heavy atom. The Kier molecular flexibility index (Phi) is 6.12. The van der Waals surface area contributed by atoms with E-state index in [0.29, 0.717) is 12.6 Å². The van der Waals surface area contributed by atoms with Crippen molar-refractivity contribution in [2.45, 2.75) is 52.1 Å². The molecule has 0 aliphatic heterocycles. The van der Waals surface area contributed by atoms with Crippen molar-refractivity contribution in [2.75, 3.05) is 0 Å². The molecule has 0 saturated heterocycles. The fourth-order valence-corrected chi connectivity index (χ4v) is 1.90. The lowest BCUT2D eigenvalue weighted by Gasteiger charge is -2.16. The van der Waals surface area contributed by atoms with Crippen molar-refractivity contribution in [3.63, 3.8) is 0 Å².